The topological polar surface area (TPSA) is 41.5 Å². The molecule has 3 atom stereocenters. The summed E-state index contributed by atoms with van der Waals surface area (Å²) in [6, 6.07) is 0. The van der Waals surface area contributed by atoms with E-state index >= 15 is 0 Å². The molecule has 0 unspecified atom stereocenters. The van der Waals surface area contributed by atoms with Crippen LogP contribution in [0, 0.1) is 5.92 Å². The number of rotatable bonds is 1. The van der Waals surface area contributed by atoms with Crippen molar-refractivity contribution in [2.75, 3.05) is 19.7 Å². The van der Waals surface area contributed by atoms with E-state index in [0.29, 0.717) is 12.0 Å². The van der Waals surface area contributed by atoms with Crippen molar-refractivity contribution >= 4 is 0 Å². The molecule has 2 aliphatic heterocycles. The summed E-state index contributed by atoms with van der Waals surface area (Å²) >= 11 is 0. The van der Waals surface area contributed by atoms with Gasteiger partial charge < -0.3 is 15.2 Å². The maximum Gasteiger partial charge on any atom is 0.0814 e. The Bertz CT molecular complexity index is 117. The summed E-state index contributed by atoms with van der Waals surface area (Å²) in [6.45, 7) is 2.23. The van der Waals surface area contributed by atoms with Crippen LogP contribution in [0.1, 0.15) is 6.42 Å². The second-order valence-electron chi connectivity index (χ2n) is 3.13. The Morgan fingerprint density at radius 3 is 3.10 bits per heavy atom. The third-order valence-electron chi connectivity index (χ3n) is 2.41. The maximum atomic E-state index is 8.78. The first-order valence-corrected chi connectivity index (χ1v) is 3.87. The van der Waals surface area contributed by atoms with Crippen LogP contribution < -0.4 is 5.32 Å². The van der Waals surface area contributed by atoms with E-state index in [-0.39, 0.29) is 12.7 Å². The fourth-order valence-corrected chi connectivity index (χ4v) is 1.86. The van der Waals surface area contributed by atoms with Crippen LogP contribution in [0.15, 0.2) is 0 Å². The Hall–Kier alpha value is -0.120. The van der Waals surface area contributed by atoms with Gasteiger partial charge in [0, 0.05) is 19.0 Å². The lowest BCUT2D eigenvalue weighted by Gasteiger charge is -2.07. The molecule has 2 aliphatic rings. The molecule has 10 heavy (non-hydrogen) atoms. The largest absolute Gasteiger partial charge is 0.394 e. The summed E-state index contributed by atoms with van der Waals surface area (Å²) in [5.41, 5.74) is 0. The molecule has 0 spiro atoms. The average Bonchev–Trinajstić information content (AvgIpc) is 2.42. The molecule has 3 heteroatoms. The lowest BCUT2D eigenvalue weighted by atomic mass is 10.0. The summed E-state index contributed by atoms with van der Waals surface area (Å²) in [4.78, 5) is 0. The second-order valence-corrected chi connectivity index (χ2v) is 3.13. The molecule has 58 valence electrons. The minimum absolute atomic E-state index is 0.122. The van der Waals surface area contributed by atoms with Gasteiger partial charge in [0.05, 0.1) is 18.8 Å². The van der Waals surface area contributed by atoms with Crippen molar-refractivity contribution in [3.63, 3.8) is 0 Å². The third kappa shape index (κ3) is 0.944. The molecule has 2 N–H and O–H groups in total. The lowest BCUT2D eigenvalue weighted by molar-refractivity contribution is 0.0145. The third-order valence-corrected chi connectivity index (χ3v) is 2.41. The Morgan fingerprint density at radius 2 is 2.40 bits per heavy atom. The minimum atomic E-state index is 0.122. The second kappa shape index (κ2) is 2.49. The molecule has 2 saturated heterocycles. The molecule has 0 aliphatic carbocycles. The molecule has 0 aromatic rings. The van der Waals surface area contributed by atoms with Gasteiger partial charge in [-0.25, -0.2) is 0 Å². The molecule has 0 bridgehead atoms. The Labute approximate surface area is 60.4 Å². The van der Waals surface area contributed by atoms with Crippen molar-refractivity contribution in [3.8, 4) is 0 Å². The van der Waals surface area contributed by atoms with Crippen molar-refractivity contribution in [2.45, 2.75) is 18.6 Å². The number of hydrogen-bond acceptors (Lipinski definition) is 3. The van der Waals surface area contributed by atoms with E-state index < -0.39 is 0 Å². The molecule has 0 aromatic heterocycles. The number of fused-ring (bicyclic) bond motifs is 1. The van der Waals surface area contributed by atoms with Gasteiger partial charge in [-0.05, 0) is 6.42 Å². The van der Waals surface area contributed by atoms with Crippen molar-refractivity contribution in [1.29, 1.82) is 0 Å². The Morgan fingerprint density at radius 1 is 1.50 bits per heavy atom. The first-order chi connectivity index (χ1) is 4.90. The highest BCUT2D eigenvalue weighted by molar-refractivity contribution is 4.89. The van der Waals surface area contributed by atoms with Crippen LogP contribution >= 0.6 is 0 Å². The van der Waals surface area contributed by atoms with Crippen molar-refractivity contribution in [2.24, 2.45) is 5.92 Å². The highest BCUT2D eigenvalue weighted by Gasteiger charge is 2.37. The van der Waals surface area contributed by atoms with Crippen molar-refractivity contribution in [3.05, 3.63) is 0 Å². The molecular weight excluding hydrogens is 130 g/mol. The van der Waals surface area contributed by atoms with Gasteiger partial charge in [0.15, 0.2) is 0 Å². The van der Waals surface area contributed by atoms with Crippen molar-refractivity contribution < 1.29 is 9.84 Å². The summed E-state index contributed by atoms with van der Waals surface area (Å²) in [5.74, 6) is 0.664. The number of nitrogens with one attached hydrogen (secondary N) is 1. The summed E-state index contributed by atoms with van der Waals surface area (Å²) in [6.07, 6.45) is 1.54. The lowest BCUT2D eigenvalue weighted by Crippen LogP contribution is -2.20. The van der Waals surface area contributed by atoms with E-state index in [0.717, 1.165) is 19.5 Å². The average molecular weight is 143 g/mol. The predicted molar refractivity (Wildman–Crippen MR) is 36.7 cm³/mol. The normalized spacial score (nSPS) is 45.9. The first-order valence-electron chi connectivity index (χ1n) is 3.87. The molecule has 0 aromatic carbocycles. The van der Waals surface area contributed by atoms with Gasteiger partial charge in [-0.15, -0.1) is 0 Å². The zero-order chi connectivity index (χ0) is 6.97. The summed E-state index contributed by atoms with van der Waals surface area (Å²) in [5, 5.41) is 12.0. The smallest absolute Gasteiger partial charge is 0.0814 e. The molecule has 0 amide bonds. The zero-order valence-corrected chi connectivity index (χ0v) is 5.92. The van der Waals surface area contributed by atoms with Crippen LogP contribution in [-0.4, -0.2) is 37.0 Å². The number of aliphatic hydroxyl groups is 1. The van der Waals surface area contributed by atoms with E-state index in [2.05, 4.69) is 5.32 Å². The standard InChI is InChI=1S/C7H13NO2/c9-4-6-1-5-2-8-3-7(5)10-6/h5-9H,1-4H2/t5-,6-,7+/m0/s1. The molecule has 2 rings (SSSR count). The van der Waals surface area contributed by atoms with Crippen LogP contribution in [0.3, 0.4) is 0 Å². The van der Waals surface area contributed by atoms with E-state index in [1.165, 1.54) is 0 Å². The van der Waals surface area contributed by atoms with Crippen LogP contribution in [0.25, 0.3) is 0 Å². The molecule has 2 heterocycles. The van der Waals surface area contributed by atoms with Gasteiger partial charge in [-0.1, -0.05) is 0 Å². The van der Waals surface area contributed by atoms with Gasteiger partial charge in [0.2, 0.25) is 0 Å². The van der Waals surface area contributed by atoms with Gasteiger partial charge in [-0.3, -0.25) is 0 Å². The van der Waals surface area contributed by atoms with Gasteiger partial charge >= 0.3 is 0 Å². The van der Waals surface area contributed by atoms with Crippen LogP contribution in [-0.2, 0) is 4.74 Å². The quantitative estimate of drug-likeness (QED) is 0.513. The van der Waals surface area contributed by atoms with E-state index in [1.54, 1.807) is 0 Å². The molecular formula is C7H13NO2. The van der Waals surface area contributed by atoms with Gasteiger partial charge in [-0.2, -0.15) is 0 Å². The van der Waals surface area contributed by atoms with Crippen LogP contribution in [0.2, 0.25) is 0 Å². The number of hydrogen-bond donors (Lipinski definition) is 2. The summed E-state index contributed by atoms with van der Waals surface area (Å²) in [7, 11) is 0. The fraction of sp³-hybridized carbons (Fsp3) is 1.00. The first kappa shape index (κ1) is 6.58. The number of ether oxygens (including phenoxy) is 1. The zero-order valence-electron chi connectivity index (χ0n) is 5.92. The minimum Gasteiger partial charge on any atom is -0.394 e. The highest BCUT2D eigenvalue weighted by atomic mass is 16.5. The highest BCUT2D eigenvalue weighted by Crippen LogP contribution is 2.28. The summed E-state index contributed by atoms with van der Waals surface area (Å²) < 4.78 is 5.52. The molecule has 2 fully saturated rings. The van der Waals surface area contributed by atoms with Crippen molar-refractivity contribution in [1.82, 2.24) is 5.32 Å². The monoisotopic (exact) mass is 143 g/mol. The van der Waals surface area contributed by atoms with E-state index in [9.17, 15) is 0 Å². The van der Waals surface area contributed by atoms with Gasteiger partial charge in [0.1, 0.15) is 0 Å². The predicted octanol–water partition coefficient (Wildman–Crippen LogP) is -0.644. The molecule has 3 nitrogen and oxygen atoms in total. The van der Waals surface area contributed by atoms with E-state index in [4.69, 9.17) is 9.84 Å². The maximum absolute atomic E-state index is 8.78. The van der Waals surface area contributed by atoms with E-state index in [1.807, 2.05) is 0 Å². The Balaban J connectivity index is 1.94. The Kier molecular flexibility index (Phi) is 1.64. The van der Waals surface area contributed by atoms with Gasteiger partial charge in [0.25, 0.3) is 0 Å². The molecule has 0 radical (unpaired) electrons. The number of aliphatic hydroxyl groups excluding tert-OH is 1. The van der Waals surface area contributed by atoms with Crippen LogP contribution in [0.4, 0.5) is 0 Å². The van der Waals surface area contributed by atoms with Crippen LogP contribution in [0.5, 0.6) is 0 Å². The molecule has 0 saturated carbocycles. The fourth-order valence-electron chi connectivity index (χ4n) is 1.86. The SMILES string of the molecule is OC[C@@H]1C[C@H]2CNC[C@H]2O1.